The van der Waals surface area contributed by atoms with Gasteiger partial charge in [-0.05, 0) is 89.9 Å². The van der Waals surface area contributed by atoms with E-state index in [0.29, 0.717) is 11.8 Å². The Kier molecular flexibility index (Phi) is 11.4. The van der Waals surface area contributed by atoms with Crippen LogP contribution in [0.1, 0.15) is 67.3 Å². The SMILES string of the molecule is Cc1cc(C)c(-c2ccc3s[c-]c(-c4nc5ccccc5n4-c4c(C(C)C)cccc4C(C)C)c3c2)c(C)c1.[Ir].[c-]1ccccc1-c1ccccn1. The number of imidazole rings is 1. The Balaban J connectivity index is 0.000000302. The number of fused-ring (bicyclic) bond motifs is 2. The van der Waals surface area contributed by atoms with Crippen LogP contribution < -0.4 is 0 Å². The number of pyridine rings is 1. The van der Waals surface area contributed by atoms with E-state index in [9.17, 15) is 0 Å². The van der Waals surface area contributed by atoms with E-state index in [-0.39, 0.29) is 20.1 Å². The molecule has 0 bridgehead atoms. The first-order valence-electron chi connectivity index (χ1n) is 17.7. The molecule has 0 aliphatic heterocycles. The maximum absolute atomic E-state index is 5.27. The summed E-state index contributed by atoms with van der Waals surface area (Å²) in [6, 6.07) is 43.5. The summed E-state index contributed by atoms with van der Waals surface area (Å²) in [7, 11) is 0. The number of aromatic nitrogens is 3. The molecule has 1 radical (unpaired) electrons. The Morgan fingerprint density at radius 2 is 1.40 bits per heavy atom. The Morgan fingerprint density at radius 3 is 2.06 bits per heavy atom. The molecule has 5 heteroatoms. The molecule has 0 aliphatic rings. The van der Waals surface area contributed by atoms with Crippen molar-refractivity contribution < 1.29 is 20.1 Å². The van der Waals surface area contributed by atoms with E-state index in [2.05, 4.69) is 142 Å². The summed E-state index contributed by atoms with van der Waals surface area (Å²) >= 11 is 1.68. The molecule has 3 heterocycles. The molecule has 0 saturated carbocycles. The fourth-order valence-electron chi connectivity index (χ4n) is 7.20. The number of rotatable bonds is 6. The van der Waals surface area contributed by atoms with Gasteiger partial charge in [0.1, 0.15) is 0 Å². The Labute approximate surface area is 325 Å². The van der Waals surface area contributed by atoms with E-state index in [1.807, 2.05) is 42.5 Å². The fourth-order valence-corrected chi connectivity index (χ4v) is 8.02. The molecule has 8 rings (SSSR count). The van der Waals surface area contributed by atoms with Crippen LogP contribution in [0.4, 0.5) is 0 Å². The maximum atomic E-state index is 5.27. The van der Waals surface area contributed by atoms with Crippen molar-refractivity contribution in [3.8, 4) is 39.5 Å². The van der Waals surface area contributed by atoms with Gasteiger partial charge < -0.3 is 9.55 Å². The first-order chi connectivity index (χ1) is 24.7. The molecule has 0 saturated heterocycles. The molecule has 5 aromatic carbocycles. The minimum Gasteiger partial charge on any atom is -0.333 e. The molecule has 263 valence electrons. The summed E-state index contributed by atoms with van der Waals surface area (Å²) in [6.45, 7) is 15.7. The topological polar surface area (TPSA) is 30.7 Å². The summed E-state index contributed by atoms with van der Waals surface area (Å²) < 4.78 is 3.64. The van der Waals surface area contributed by atoms with Crippen LogP contribution in [0, 0.1) is 32.2 Å². The van der Waals surface area contributed by atoms with Gasteiger partial charge in [-0.2, -0.15) is 0 Å². The van der Waals surface area contributed by atoms with Crippen molar-refractivity contribution in [2.24, 2.45) is 0 Å². The first-order valence-corrected chi connectivity index (χ1v) is 18.5. The molecule has 0 fully saturated rings. The van der Waals surface area contributed by atoms with Crippen LogP contribution in [0.3, 0.4) is 0 Å². The summed E-state index contributed by atoms with van der Waals surface area (Å²) in [5.74, 6) is 1.73. The quantitative estimate of drug-likeness (QED) is 0.156. The van der Waals surface area contributed by atoms with E-state index in [0.717, 1.165) is 33.7 Å². The number of hydrogen-bond acceptors (Lipinski definition) is 3. The van der Waals surface area contributed by atoms with Crippen molar-refractivity contribution in [3.63, 3.8) is 0 Å². The maximum Gasteiger partial charge on any atom is 0.0774 e. The van der Waals surface area contributed by atoms with Crippen LogP contribution >= 0.6 is 11.3 Å². The Morgan fingerprint density at radius 1 is 0.712 bits per heavy atom. The van der Waals surface area contributed by atoms with Gasteiger partial charge in [0.2, 0.25) is 0 Å². The van der Waals surface area contributed by atoms with E-state index in [1.165, 1.54) is 54.7 Å². The van der Waals surface area contributed by atoms with E-state index in [4.69, 9.17) is 4.98 Å². The van der Waals surface area contributed by atoms with Gasteiger partial charge in [0.05, 0.1) is 16.9 Å². The monoisotopic (exact) mass is 874 g/mol. The van der Waals surface area contributed by atoms with Gasteiger partial charge in [-0.25, -0.2) is 0 Å². The van der Waals surface area contributed by atoms with Crippen molar-refractivity contribution in [1.29, 1.82) is 0 Å². The number of benzene rings is 5. The average Bonchev–Trinajstić information content (AvgIpc) is 3.73. The normalized spacial score (nSPS) is 11.2. The van der Waals surface area contributed by atoms with Gasteiger partial charge >= 0.3 is 0 Å². The predicted molar refractivity (Wildman–Crippen MR) is 217 cm³/mol. The standard InChI is InChI=1S/C36H35N2S.C11H8N.Ir/c1-21(2)27-11-10-12-28(22(3)4)35(27)38-32-14-9-8-13-31(32)37-36(38)30-20-39-33-16-15-26(19-29(30)33)34-24(6)17-23(5)18-25(34)7;1-2-6-10(7-3-1)11-8-4-5-9-12-11;/h8-19,21-22H,1-7H3;1-6,8-9H;/q2*-1;. The van der Waals surface area contributed by atoms with Gasteiger partial charge in [0.25, 0.3) is 0 Å². The largest absolute Gasteiger partial charge is 0.333 e. The van der Waals surface area contributed by atoms with E-state index < -0.39 is 0 Å². The smallest absolute Gasteiger partial charge is 0.0774 e. The number of hydrogen-bond donors (Lipinski definition) is 0. The van der Waals surface area contributed by atoms with Gasteiger partial charge in [-0.1, -0.05) is 122 Å². The van der Waals surface area contributed by atoms with Crippen LogP contribution in [0.25, 0.3) is 60.6 Å². The van der Waals surface area contributed by atoms with Crippen molar-refractivity contribution in [1.82, 2.24) is 14.5 Å². The third kappa shape index (κ3) is 7.32. The first kappa shape index (κ1) is 37.1. The van der Waals surface area contributed by atoms with Crippen molar-refractivity contribution >= 4 is 32.5 Å². The van der Waals surface area contributed by atoms with Gasteiger partial charge in [-0.3, -0.25) is 16.3 Å². The summed E-state index contributed by atoms with van der Waals surface area (Å²) in [6.07, 6.45) is 1.79. The molecule has 52 heavy (non-hydrogen) atoms. The molecular formula is C47H43IrN3S-2. The second-order valence-electron chi connectivity index (χ2n) is 13.9. The van der Waals surface area contributed by atoms with Crippen LogP contribution in [0.15, 0.2) is 121 Å². The zero-order valence-corrected chi connectivity index (χ0v) is 34.0. The molecule has 3 aromatic heterocycles. The van der Waals surface area contributed by atoms with Gasteiger partial charge in [0, 0.05) is 32.0 Å². The number of para-hydroxylation sites is 3. The molecule has 0 atom stereocenters. The van der Waals surface area contributed by atoms with Crippen LogP contribution in [0.2, 0.25) is 0 Å². The van der Waals surface area contributed by atoms with Crippen LogP contribution in [0.5, 0.6) is 0 Å². The number of thiophene rings is 1. The predicted octanol–water partition coefficient (Wildman–Crippen LogP) is 13.1. The zero-order chi connectivity index (χ0) is 35.6. The fraction of sp³-hybridized carbons (Fsp3) is 0.191. The molecule has 0 N–H and O–H groups in total. The van der Waals surface area contributed by atoms with Gasteiger partial charge in [-0.15, -0.1) is 41.3 Å². The second-order valence-corrected chi connectivity index (χ2v) is 14.8. The molecular weight excluding hydrogens is 831 g/mol. The summed E-state index contributed by atoms with van der Waals surface area (Å²) in [4.78, 5) is 9.49. The number of aryl methyl sites for hydroxylation is 3. The molecule has 3 nitrogen and oxygen atoms in total. The summed E-state index contributed by atoms with van der Waals surface area (Å²) in [5.41, 5.74) is 15.7. The van der Waals surface area contributed by atoms with Gasteiger partial charge in [0.15, 0.2) is 0 Å². The van der Waals surface area contributed by atoms with Crippen LogP contribution in [-0.2, 0) is 20.1 Å². The summed E-state index contributed by atoms with van der Waals surface area (Å²) in [5, 5.41) is 4.88. The minimum absolute atomic E-state index is 0. The minimum atomic E-state index is 0. The van der Waals surface area contributed by atoms with E-state index in [1.54, 1.807) is 17.5 Å². The number of nitrogens with zero attached hydrogens (tertiary/aromatic N) is 3. The third-order valence-electron chi connectivity index (χ3n) is 9.48. The molecule has 0 aliphatic carbocycles. The zero-order valence-electron chi connectivity index (χ0n) is 30.8. The molecule has 8 aromatic rings. The third-order valence-corrected chi connectivity index (χ3v) is 10.4. The van der Waals surface area contributed by atoms with E-state index >= 15 is 0 Å². The molecule has 0 spiro atoms. The van der Waals surface area contributed by atoms with Crippen molar-refractivity contribution in [3.05, 3.63) is 161 Å². The second kappa shape index (κ2) is 15.9. The Bertz CT molecular complexity index is 2370. The van der Waals surface area contributed by atoms with Crippen molar-refractivity contribution in [2.45, 2.75) is 60.3 Å². The average molecular weight is 874 g/mol. The van der Waals surface area contributed by atoms with Crippen LogP contribution in [-0.4, -0.2) is 14.5 Å². The van der Waals surface area contributed by atoms with Crippen molar-refractivity contribution in [2.75, 3.05) is 0 Å². The molecule has 0 unspecified atom stereocenters. The molecule has 0 amide bonds. The Hall–Kier alpha value is -4.67.